The molecular weight excluding hydrogens is 426 g/mol. The summed E-state index contributed by atoms with van der Waals surface area (Å²) in [6.45, 7) is 10.7. The van der Waals surface area contributed by atoms with Crippen LogP contribution in [0.1, 0.15) is 39.2 Å². The van der Waals surface area contributed by atoms with E-state index < -0.39 is 5.60 Å². The van der Waals surface area contributed by atoms with Gasteiger partial charge in [-0.15, -0.1) is 0 Å². The molecule has 1 amide bonds. The van der Waals surface area contributed by atoms with Crippen LogP contribution in [0.15, 0.2) is 60.8 Å². The fourth-order valence-electron chi connectivity index (χ4n) is 4.59. The molecule has 1 aliphatic rings. The molecule has 1 saturated heterocycles. The Morgan fingerprint density at radius 2 is 1.91 bits per heavy atom. The van der Waals surface area contributed by atoms with E-state index >= 15 is 0 Å². The van der Waals surface area contributed by atoms with Gasteiger partial charge in [-0.3, -0.25) is 0 Å². The van der Waals surface area contributed by atoms with Gasteiger partial charge in [-0.2, -0.15) is 0 Å². The number of quaternary nitrogens is 1. The second-order valence-electron chi connectivity index (χ2n) is 10.2. The summed E-state index contributed by atoms with van der Waals surface area (Å²) >= 11 is 0. The third kappa shape index (κ3) is 6.54. The summed E-state index contributed by atoms with van der Waals surface area (Å²) in [6.07, 6.45) is 4.14. The molecule has 4 rings (SSSR count). The van der Waals surface area contributed by atoms with Crippen molar-refractivity contribution in [1.82, 2.24) is 9.47 Å². The Hall–Kier alpha value is -2.99. The highest BCUT2D eigenvalue weighted by molar-refractivity contribution is 5.86. The molecule has 182 valence electrons. The zero-order chi connectivity index (χ0) is 24.0. The fraction of sp³-hybridized carbons (Fsp3) is 0.464. The number of fused-ring (bicyclic) bond motifs is 1. The number of likely N-dealkylation sites (tertiary alicyclic amines) is 1. The van der Waals surface area contributed by atoms with Crippen LogP contribution >= 0.6 is 0 Å². The quantitative estimate of drug-likeness (QED) is 0.506. The number of nitrogens with two attached hydrogens (primary N) is 1. The molecule has 0 unspecified atom stereocenters. The summed E-state index contributed by atoms with van der Waals surface area (Å²) in [5.41, 5.74) is 2.03. The second kappa shape index (κ2) is 11.0. The van der Waals surface area contributed by atoms with E-state index in [1.165, 1.54) is 11.1 Å². The lowest BCUT2D eigenvalue weighted by atomic mass is 9.98. The maximum atomic E-state index is 12.4. The van der Waals surface area contributed by atoms with Crippen LogP contribution in [0.4, 0.5) is 4.79 Å². The molecule has 0 spiro atoms. The first-order valence-electron chi connectivity index (χ1n) is 12.4. The van der Waals surface area contributed by atoms with Crippen molar-refractivity contribution in [2.75, 3.05) is 32.8 Å². The van der Waals surface area contributed by atoms with E-state index in [1.54, 1.807) is 0 Å². The Bertz CT molecular complexity index is 1070. The van der Waals surface area contributed by atoms with Gasteiger partial charge in [0.25, 0.3) is 0 Å². The maximum absolute atomic E-state index is 12.4. The van der Waals surface area contributed by atoms with Crippen molar-refractivity contribution in [3.8, 4) is 5.75 Å². The average Bonchev–Trinajstić information content (AvgIpc) is 3.22. The van der Waals surface area contributed by atoms with Crippen LogP contribution in [0.25, 0.3) is 10.9 Å². The van der Waals surface area contributed by atoms with Crippen LogP contribution in [0.2, 0.25) is 0 Å². The van der Waals surface area contributed by atoms with Gasteiger partial charge in [0.2, 0.25) is 0 Å². The third-order valence-corrected chi connectivity index (χ3v) is 6.22. The Labute approximate surface area is 202 Å². The molecule has 34 heavy (non-hydrogen) atoms. The molecule has 2 aromatic carbocycles. The molecule has 2 N–H and O–H groups in total. The predicted molar refractivity (Wildman–Crippen MR) is 135 cm³/mol. The standard InChI is InChI=1S/C28H37N3O3/c1-28(2,3)34-27(32)31-16-8-11-23(21-31)19-29-15-18-33-26-13-7-12-25-24(26)14-17-30(25)20-22-9-5-4-6-10-22/h4-7,9-10,12-14,17,23,29H,8,11,15-16,18-21H2,1-3H3/p+1/t23-/m1/s1. The van der Waals surface area contributed by atoms with Gasteiger partial charge >= 0.3 is 6.09 Å². The number of aromatic nitrogens is 1. The first kappa shape index (κ1) is 24.1. The van der Waals surface area contributed by atoms with E-state index in [9.17, 15) is 4.79 Å². The zero-order valence-electron chi connectivity index (χ0n) is 20.7. The van der Waals surface area contributed by atoms with Crippen molar-refractivity contribution in [2.45, 2.75) is 45.8 Å². The van der Waals surface area contributed by atoms with Crippen molar-refractivity contribution < 1.29 is 19.6 Å². The van der Waals surface area contributed by atoms with Crippen molar-refractivity contribution in [1.29, 1.82) is 0 Å². The summed E-state index contributed by atoms with van der Waals surface area (Å²) < 4.78 is 14.0. The van der Waals surface area contributed by atoms with Gasteiger partial charge in [0.15, 0.2) is 0 Å². The number of ether oxygens (including phenoxy) is 2. The number of hydrogen-bond acceptors (Lipinski definition) is 3. The third-order valence-electron chi connectivity index (χ3n) is 6.22. The molecule has 6 nitrogen and oxygen atoms in total. The first-order chi connectivity index (χ1) is 16.4. The van der Waals surface area contributed by atoms with E-state index in [1.807, 2.05) is 31.7 Å². The van der Waals surface area contributed by atoms with Gasteiger partial charge in [-0.25, -0.2) is 4.79 Å². The monoisotopic (exact) mass is 464 g/mol. The fourth-order valence-corrected chi connectivity index (χ4v) is 4.59. The number of carbonyl (C=O) groups is 1. The highest BCUT2D eigenvalue weighted by Gasteiger charge is 2.28. The van der Waals surface area contributed by atoms with Gasteiger partial charge in [0, 0.05) is 37.1 Å². The molecule has 0 saturated carbocycles. The van der Waals surface area contributed by atoms with Crippen molar-refractivity contribution >= 4 is 17.0 Å². The summed E-state index contributed by atoms with van der Waals surface area (Å²) in [5, 5.41) is 3.46. The summed E-state index contributed by atoms with van der Waals surface area (Å²) in [4.78, 5) is 14.2. The zero-order valence-corrected chi connectivity index (χ0v) is 20.7. The predicted octanol–water partition coefficient (Wildman–Crippen LogP) is 4.28. The highest BCUT2D eigenvalue weighted by atomic mass is 16.6. The van der Waals surface area contributed by atoms with Crippen molar-refractivity contribution in [3.05, 3.63) is 66.4 Å². The molecular formula is C28H38N3O3+. The molecule has 1 fully saturated rings. The topological polar surface area (TPSA) is 60.3 Å². The van der Waals surface area contributed by atoms with Gasteiger partial charge < -0.3 is 24.3 Å². The molecule has 3 aromatic rings. The van der Waals surface area contributed by atoms with Crippen LogP contribution < -0.4 is 10.1 Å². The Morgan fingerprint density at radius 1 is 1.09 bits per heavy atom. The first-order valence-corrected chi connectivity index (χ1v) is 12.4. The maximum Gasteiger partial charge on any atom is 0.410 e. The number of amides is 1. The lowest BCUT2D eigenvalue weighted by molar-refractivity contribution is -0.661. The number of nitrogens with zero attached hydrogens (tertiary/aromatic N) is 2. The molecule has 0 radical (unpaired) electrons. The minimum absolute atomic E-state index is 0.187. The Balaban J connectivity index is 1.23. The van der Waals surface area contributed by atoms with Gasteiger partial charge in [-0.1, -0.05) is 36.4 Å². The molecule has 1 aliphatic heterocycles. The van der Waals surface area contributed by atoms with E-state index in [4.69, 9.17) is 9.47 Å². The molecule has 0 aliphatic carbocycles. The van der Waals surface area contributed by atoms with Crippen LogP contribution in [0, 0.1) is 5.92 Å². The van der Waals surface area contributed by atoms with E-state index in [2.05, 4.69) is 64.6 Å². The summed E-state index contributed by atoms with van der Waals surface area (Å²) in [6, 6.07) is 18.9. The Kier molecular flexibility index (Phi) is 7.78. The molecule has 6 heteroatoms. The SMILES string of the molecule is CC(C)(C)OC(=O)N1CCC[C@H](C[NH2+]CCOc2cccc3c2ccn3Cc2ccccc2)C1. The lowest BCUT2D eigenvalue weighted by Gasteiger charge is -2.33. The van der Waals surface area contributed by atoms with Gasteiger partial charge in [0.05, 0.1) is 12.1 Å². The number of piperidine rings is 1. The van der Waals surface area contributed by atoms with Crippen LogP contribution in [0.3, 0.4) is 0 Å². The largest absolute Gasteiger partial charge is 0.487 e. The molecule has 1 atom stereocenters. The molecule has 1 aromatic heterocycles. The van der Waals surface area contributed by atoms with Crippen molar-refractivity contribution in [3.63, 3.8) is 0 Å². The molecule has 0 bridgehead atoms. The van der Waals surface area contributed by atoms with E-state index in [0.717, 1.165) is 56.7 Å². The average molecular weight is 465 g/mol. The van der Waals surface area contributed by atoms with Crippen LogP contribution in [-0.4, -0.2) is 53.9 Å². The summed E-state index contributed by atoms with van der Waals surface area (Å²) in [5.74, 6) is 1.43. The van der Waals surface area contributed by atoms with Crippen LogP contribution in [0.5, 0.6) is 5.75 Å². The second-order valence-corrected chi connectivity index (χ2v) is 10.2. The van der Waals surface area contributed by atoms with Crippen LogP contribution in [-0.2, 0) is 11.3 Å². The lowest BCUT2D eigenvalue weighted by Crippen LogP contribution is -2.87. The smallest absolute Gasteiger partial charge is 0.410 e. The highest BCUT2D eigenvalue weighted by Crippen LogP contribution is 2.27. The number of hydrogen-bond donors (Lipinski definition) is 1. The van der Waals surface area contributed by atoms with E-state index in [0.29, 0.717) is 12.5 Å². The molecule has 2 heterocycles. The van der Waals surface area contributed by atoms with Crippen molar-refractivity contribution in [2.24, 2.45) is 5.92 Å². The van der Waals surface area contributed by atoms with E-state index in [-0.39, 0.29) is 6.09 Å². The number of benzene rings is 2. The normalized spacial score (nSPS) is 16.6. The summed E-state index contributed by atoms with van der Waals surface area (Å²) in [7, 11) is 0. The Morgan fingerprint density at radius 3 is 2.71 bits per heavy atom. The van der Waals surface area contributed by atoms with Gasteiger partial charge in [-0.05, 0) is 57.4 Å². The number of carbonyl (C=O) groups excluding carboxylic acids is 1. The minimum atomic E-state index is -0.446. The number of rotatable bonds is 8. The van der Waals surface area contributed by atoms with Gasteiger partial charge in [0.1, 0.15) is 24.5 Å². The minimum Gasteiger partial charge on any atom is -0.487 e.